The molecule has 0 aliphatic carbocycles. The zero-order valence-electron chi connectivity index (χ0n) is 12.3. The number of nitrogens with zero attached hydrogens (tertiary/aromatic N) is 4. The fraction of sp³-hybridized carbons (Fsp3) is 0.231. The average molecular weight is 351 g/mol. The van der Waals surface area contributed by atoms with E-state index in [9.17, 15) is 8.42 Å². The number of anilines is 2. The van der Waals surface area contributed by atoms with Crippen molar-refractivity contribution in [3.63, 3.8) is 0 Å². The maximum atomic E-state index is 11.7. The number of nitrogens with one attached hydrogen (secondary N) is 1. The highest BCUT2D eigenvalue weighted by atomic mass is 32.2. The van der Waals surface area contributed by atoms with Crippen LogP contribution in [0, 0.1) is 0 Å². The zero-order chi connectivity index (χ0) is 16.4. The number of sulfone groups is 1. The third-order valence-electron chi connectivity index (χ3n) is 2.78. The van der Waals surface area contributed by atoms with Crippen molar-refractivity contribution in [2.24, 2.45) is 0 Å². The third kappa shape index (κ3) is 3.60. The molecule has 0 aliphatic rings. The minimum absolute atomic E-state index is 0.182. The summed E-state index contributed by atoms with van der Waals surface area (Å²) in [5, 5.41) is 3.31. The van der Waals surface area contributed by atoms with Crippen LogP contribution >= 0.6 is 11.3 Å². The Hall–Kier alpha value is -2.17. The van der Waals surface area contributed by atoms with E-state index in [4.69, 9.17) is 4.74 Å². The van der Waals surface area contributed by atoms with E-state index >= 15 is 0 Å². The van der Waals surface area contributed by atoms with Crippen LogP contribution in [0.3, 0.4) is 0 Å². The van der Waals surface area contributed by atoms with E-state index < -0.39 is 9.84 Å². The molecule has 0 saturated heterocycles. The molecule has 0 fully saturated rings. The van der Waals surface area contributed by atoms with Gasteiger partial charge in [-0.2, -0.15) is 0 Å². The molecule has 0 aromatic carbocycles. The van der Waals surface area contributed by atoms with Gasteiger partial charge >= 0.3 is 0 Å². The van der Waals surface area contributed by atoms with Gasteiger partial charge in [-0.3, -0.25) is 0 Å². The number of hydrogen-bond donors (Lipinski definition) is 1. The van der Waals surface area contributed by atoms with E-state index in [-0.39, 0.29) is 11.8 Å². The molecule has 0 saturated carbocycles. The summed E-state index contributed by atoms with van der Waals surface area (Å²) in [6.45, 7) is 0.182. The summed E-state index contributed by atoms with van der Waals surface area (Å²) >= 11 is 1.35. The number of aromatic nitrogens is 4. The molecule has 0 amide bonds. The molecule has 3 heterocycles. The molecular weight excluding hydrogens is 338 g/mol. The fourth-order valence-corrected chi connectivity index (χ4v) is 3.22. The molecule has 120 valence electrons. The van der Waals surface area contributed by atoms with Crippen LogP contribution in [0.25, 0.3) is 10.3 Å². The van der Waals surface area contributed by atoms with E-state index in [2.05, 4.69) is 25.3 Å². The van der Waals surface area contributed by atoms with E-state index in [1.807, 2.05) is 6.07 Å². The van der Waals surface area contributed by atoms with Crippen molar-refractivity contribution in [2.45, 2.75) is 11.8 Å². The number of fused-ring (bicyclic) bond motifs is 1. The predicted octanol–water partition coefficient (Wildman–Crippen LogP) is 1.77. The van der Waals surface area contributed by atoms with Crippen LogP contribution in [-0.2, 0) is 21.2 Å². The van der Waals surface area contributed by atoms with Gasteiger partial charge in [-0.15, -0.1) is 0 Å². The van der Waals surface area contributed by atoms with Crippen LogP contribution in [0.4, 0.5) is 10.9 Å². The van der Waals surface area contributed by atoms with Crippen LogP contribution in [0.2, 0.25) is 0 Å². The summed E-state index contributed by atoms with van der Waals surface area (Å²) in [5.41, 5.74) is 1.22. The second kappa shape index (κ2) is 6.14. The summed E-state index contributed by atoms with van der Waals surface area (Å²) in [6, 6.07) is 5.27. The third-order valence-corrected chi connectivity index (χ3v) is 4.52. The normalized spacial score (nSPS) is 11.7. The highest BCUT2D eigenvalue weighted by Crippen LogP contribution is 2.26. The van der Waals surface area contributed by atoms with Gasteiger partial charge in [0.05, 0.1) is 12.3 Å². The summed E-state index contributed by atoms with van der Waals surface area (Å²) in [6.07, 6.45) is 2.75. The first-order valence-corrected chi connectivity index (χ1v) is 9.22. The monoisotopic (exact) mass is 351 g/mol. The lowest BCUT2D eigenvalue weighted by Crippen LogP contribution is -2.09. The molecule has 0 aliphatic heterocycles. The van der Waals surface area contributed by atoms with Crippen molar-refractivity contribution in [1.29, 1.82) is 0 Å². The minimum atomic E-state index is -3.53. The molecule has 0 atom stereocenters. The lowest BCUT2D eigenvalue weighted by Gasteiger charge is -2.07. The van der Waals surface area contributed by atoms with E-state index in [0.717, 1.165) is 16.6 Å². The molecule has 10 heteroatoms. The van der Waals surface area contributed by atoms with Crippen LogP contribution in [0.5, 0.6) is 0 Å². The maximum absolute atomic E-state index is 11.7. The van der Waals surface area contributed by atoms with Gasteiger partial charge in [0, 0.05) is 25.6 Å². The van der Waals surface area contributed by atoms with Crippen molar-refractivity contribution in [2.75, 3.05) is 18.7 Å². The van der Waals surface area contributed by atoms with Crippen LogP contribution in [0.15, 0.2) is 29.6 Å². The number of rotatable bonds is 5. The summed E-state index contributed by atoms with van der Waals surface area (Å²) in [4.78, 5) is 17.4. The summed E-state index contributed by atoms with van der Waals surface area (Å²) < 4.78 is 28.4. The fourth-order valence-electron chi connectivity index (χ4n) is 1.86. The Labute approximate surface area is 136 Å². The molecule has 3 aromatic rings. The standard InChI is InChI=1S/C13H13N5O3S2/c1-21-7-8-6-10(18-13(15-8)23(2,19)20)17-12-16-9-4-3-5-14-11(9)22-12/h3-6H,7H2,1-2H3,(H,15,16,17,18). The Balaban J connectivity index is 1.99. The van der Waals surface area contributed by atoms with Gasteiger partial charge in [0.2, 0.25) is 15.0 Å². The van der Waals surface area contributed by atoms with E-state index in [1.54, 1.807) is 18.3 Å². The molecule has 0 unspecified atom stereocenters. The molecule has 3 rings (SSSR count). The number of ether oxygens (including phenoxy) is 1. The van der Waals surface area contributed by atoms with Gasteiger partial charge in [-0.25, -0.2) is 28.4 Å². The molecule has 0 radical (unpaired) electrons. The summed E-state index contributed by atoms with van der Waals surface area (Å²) in [5.74, 6) is 0.339. The van der Waals surface area contributed by atoms with E-state index in [0.29, 0.717) is 16.6 Å². The second-order valence-corrected chi connectivity index (χ2v) is 7.59. The molecule has 8 nitrogen and oxygen atoms in total. The van der Waals surface area contributed by atoms with Gasteiger partial charge in [-0.1, -0.05) is 11.3 Å². The van der Waals surface area contributed by atoms with Gasteiger partial charge in [-0.05, 0) is 12.1 Å². The molecule has 3 aromatic heterocycles. The average Bonchev–Trinajstić information content (AvgIpc) is 2.88. The van der Waals surface area contributed by atoms with Crippen molar-refractivity contribution in [1.82, 2.24) is 19.9 Å². The number of thiazole rings is 1. The van der Waals surface area contributed by atoms with Crippen molar-refractivity contribution >= 4 is 42.5 Å². The van der Waals surface area contributed by atoms with Crippen LogP contribution in [0.1, 0.15) is 5.69 Å². The number of pyridine rings is 1. The first-order chi connectivity index (χ1) is 11.0. The summed E-state index contributed by atoms with van der Waals surface area (Å²) in [7, 11) is -2.02. The Morgan fingerprint density at radius 3 is 2.83 bits per heavy atom. The van der Waals surface area contributed by atoms with Crippen molar-refractivity contribution < 1.29 is 13.2 Å². The minimum Gasteiger partial charge on any atom is -0.378 e. The van der Waals surface area contributed by atoms with Gasteiger partial charge in [0.1, 0.15) is 16.2 Å². The Morgan fingerprint density at radius 2 is 2.13 bits per heavy atom. The van der Waals surface area contributed by atoms with Gasteiger partial charge in [0.15, 0.2) is 5.13 Å². The Morgan fingerprint density at radius 1 is 1.30 bits per heavy atom. The predicted molar refractivity (Wildman–Crippen MR) is 86.6 cm³/mol. The van der Waals surface area contributed by atoms with Crippen molar-refractivity contribution in [3.05, 3.63) is 30.1 Å². The molecule has 0 bridgehead atoms. The number of methoxy groups -OCH3 is 1. The SMILES string of the molecule is COCc1cc(Nc2nc3cccnc3s2)nc(S(C)(=O)=O)n1. The lowest BCUT2D eigenvalue weighted by atomic mass is 10.4. The molecule has 1 N–H and O–H groups in total. The topological polar surface area (TPSA) is 107 Å². The largest absolute Gasteiger partial charge is 0.378 e. The van der Waals surface area contributed by atoms with E-state index in [1.165, 1.54) is 18.4 Å². The zero-order valence-corrected chi connectivity index (χ0v) is 14.0. The molecule has 0 spiro atoms. The molecule has 23 heavy (non-hydrogen) atoms. The van der Waals surface area contributed by atoms with Crippen LogP contribution in [-0.4, -0.2) is 41.7 Å². The van der Waals surface area contributed by atoms with Crippen molar-refractivity contribution in [3.8, 4) is 0 Å². The lowest BCUT2D eigenvalue weighted by molar-refractivity contribution is 0.181. The maximum Gasteiger partial charge on any atom is 0.249 e. The quantitative estimate of drug-likeness (QED) is 0.693. The first-order valence-electron chi connectivity index (χ1n) is 6.51. The van der Waals surface area contributed by atoms with Gasteiger partial charge in [0.25, 0.3) is 0 Å². The second-order valence-electron chi connectivity index (χ2n) is 4.70. The van der Waals surface area contributed by atoms with Gasteiger partial charge < -0.3 is 10.1 Å². The molecular formula is C13H13N5O3S2. The number of hydrogen-bond acceptors (Lipinski definition) is 9. The smallest absolute Gasteiger partial charge is 0.249 e. The highest BCUT2D eigenvalue weighted by molar-refractivity contribution is 7.90. The Bertz CT molecular complexity index is 922. The first kappa shape index (κ1) is 15.7. The highest BCUT2D eigenvalue weighted by Gasteiger charge is 2.15. The Kier molecular flexibility index (Phi) is 4.20. The van der Waals surface area contributed by atoms with Crippen LogP contribution < -0.4 is 5.32 Å².